The fourth-order valence-corrected chi connectivity index (χ4v) is 2.51. The topological polar surface area (TPSA) is 57.5 Å². The summed E-state index contributed by atoms with van der Waals surface area (Å²) in [6.45, 7) is 2.04. The Morgan fingerprint density at radius 3 is 2.70 bits per heavy atom. The molecule has 0 radical (unpaired) electrons. The first-order valence-electron chi connectivity index (χ1n) is 7.33. The maximum Gasteiger partial charge on any atom is 0.115 e. The highest BCUT2D eigenvalue weighted by molar-refractivity contribution is 6.31. The average molecular weight is 326 g/mol. The molecule has 0 saturated heterocycles. The smallest absolute Gasteiger partial charge is 0.115 e. The first-order chi connectivity index (χ1) is 11.2. The molecule has 0 aliphatic heterocycles. The molecule has 0 unspecified atom stereocenters. The van der Waals surface area contributed by atoms with Gasteiger partial charge in [-0.1, -0.05) is 18.5 Å². The van der Waals surface area contributed by atoms with Crippen LogP contribution in [0.1, 0.15) is 18.9 Å². The van der Waals surface area contributed by atoms with E-state index in [1.54, 1.807) is 18.3 Å². The van der Waals surface area contributed by atoms with Crippen LogP contribution in [0, 0.1) is 0 Å². The molecule has 1 aromatic heterocycles. The first-order valence-corrected chi connectivity index (χ1v) is 7.71. The largest absolute Gasteiger partial charge is 0.508 e. The van der Waals surface area contributed by atoms with Gasteiger partial charge in [-0.05, 0) is 60.5 Å². The van der Waals surface area contributed by atoms with Gasteiger partial charge in [0.1, 0.15) is 5.75 Å². The van der Waals surface area contributed by atoms with Gasteiger partial charge in [0, 0.05) is 16.6 Å². The minimum atomic E-state index is 0.245. The number of fused-ring (bicyclic) bond motifs is 1. The van der Waals surface area contributed by atoms with E-state index in [0.29, 0.717) is 5.02 Å². The van der Waals surface area contributed by atoms with Gasteiger partial charge in [0.25, 0.3) is 0 Å². The molecule has 4 nitrogen and oxygen atoms in total. The van der Waals surface area contributed by atoms with E-state index in [1.165, 1.54) is 0 Å². The molecular formula is C18H16ClN3O. The summed E-state index contributed by atoms with van der Waals surface area (Å²) in [5, 5.41) is 15.5. The van der Waals surface area contributed by atoms with Crippen LogP contribution in [0.15, 0.2) is 59.8 Å². The van der Waals surface area contributed by atoms with Gasteiger partial charge in [0.15, 0.2) is 0 Å². The molecule has 0 spiro atoms. The zero-order chi connectivity index (χ0) is 16.2. The molecule has 0 amide bonds. The van der Waals surface area contributed by atoms with Gasteiger partial charge in [0.2, 0.25) is 0 Å². The molecule has 0 fully saturated rings. The van der Waals surface area contributed by atoms with Crippen molar-refractivity contribution in [1.82, 2.24) is 4.98 Å². The molecule has 3 rings (SSSR count). The van der Waals surface area contributed by atoms with Gasteiger partial charge >= 0.3 is 0 Å². The number of phenolic OH excluding ortho intramolecular Hbond substituents is 1. The van der Waals surface area contributed by atoms with Gasteiger partial charge in [0.05, 0.1) is 16.9 Å². The molecular weight excluding hydrogens is 310 g/mol. The summed E-state index contributed by atoms with van der Waals surface area (Å²) in [6, 6.07) is 14.5. The van der Waals surface area contributed by atoms with Crippen LogP contribution in [-0.4, -0.2) is 15.8 Å². The Labute approximate surface area is 139 Å². The Bertz CT molecular complexity index is 860. The number of benzene rings is 2. The summed E-state index contributed by atoms with van der Waals surface area (Å²) in [4.78, 5) is 4.32. The third kappa shape index (κ3) is 3.43. The van der Waals surface area contributed by atoms with Gasteiger partial charge < -0.3 is 5.11 Å². The summed E-state index contributed by atoms with van der Waals surface area (Å²) in [7, 11) is 0. The van der Waals surface area contributed by atoms with E-state index >= 15 is 0 Å². The van der Waals surface area contributed by atoms with Gasteiger partial charge in [-0.3, -0.25) is 10.4 Å². The minimum Gasteiger partial charge on any atom is -0.508 e. The lowest BCUT2D eigenvalue weighted by Gasteiger charge is -2.08. The highest BCUT2D eigenvalue weighted by Gasteiger charge is 2.04. The lowest BCUT2D eigenvalue weighted by Crippen LogP contribution is -2.03. The third-order valence-electron chi connectivity index (χ3n) is 3.55. The highest BCUT2D eigenvalue weighted by atomic mass is 35.5. The van der Waals surface area contributed by atoms with Crippen LogP contribution in [0.25, 0.3) is 10.9 Å². The van der Waals surface area contributed by atoms with Gasteiger partial charge in [-0.15, -0.1) is 0 Å². The fraction of sp³-hybridized carbons (Fsp3) is 0.111. The first kappa shape index (κ1) is 15.3. The average Bonchev–Trinajstić information content (AvgIpc) is 2.56. The number of pyridine rings is 1. The Hall–Kier alpha value is -2.59. The van der Waals surface area contributed by atoms with Crippen LogP contribution >= 0.6 is 11.6 Å². The predicted molar refractivity (Wildman–Crippen MR) is 95.3 cm³/mol. The number of nitrogens with one attached hydrogen (secondary N) is 1. The predicted octanol–water partition coefficient (Wildman–Crippen LogP) is 4.82. The summed E-state index contributed by atoms with van der Waals surface area (Å²) in [5.74, 6) is 0.245. The summed E-state index contributed by atoms with van der Waals surface area (Å²) < 4.78 is 0. The summed E-state index contributed by atoms with van der Waals surface area (Å²) >= 11 is 6.01. The lowest BCUT2D eigenvalue weighted by molar-refractivity contribution is 0.475. The van der Waals surface area contributed by atoms with Crippen molar-refractivity contribution < 1.29 is 5.11 Å². The number of rotatable bonds is 4. The van der Waals surface area contributed by atoms with E-state index in [9.17, 15) is 5.11 Å². The van der Waals surface area contributed by atoms with E-state index in [2.05, 4.69) is 15.5 Å². The fourth-order valence-electron chi connectivity index (χ4n) is 2.35. The number of aromatic hydroxyl groups is 1. The number of hydrogen-bond donors (Lipinski definition) is 2. The molecule has 0 saturated carbocycles. The number of anilines is 1. The number of hydrogen-bond acceptors (Lipinski definition) is 4. The Morgan fingerprint density at radius 1 is 1.17 bits per heavy atom. The maximum absolute atomic E-state index is 9.39. The van der Waals surface area contributed by atoms with Crippen LogP contribution < -0.4 is 5.43 Å². The third-order valence-corrected chi connectivity index (χ3v) is 3.79. The van der Waals surface area contributed by atoms with Crippen molar-refractivity contribution >= 4 is 33.9 Å². The van der Waals surface area contributed by atoms with Gasteiger partial charge in [-0.25, -0.2) is 0 Å². The van der Waals surface area contributed by atoms with E-state index in [-0.39, 0.29) is 5.75 Å². The molecule has 0 aliphatic carbocycles. The van der Waals surface area contributed by atoms with Crippen LogP contribution in [0.5, 0.6) is 5.75 Å². The SMILES string of the molecule is CCC(=NNc1ccnc2cc(Cl)ccc12)c1ccc(O)cc1. The molecule has 5 heteroatoms. The number of halogens is 1. The molecule has 3 aromatic rings. The maximum atomic E-state index is 9.39. The molecule has 23 heavy (non-hydrogen) atoms. The van der Waals surface area contributed by atoms with Gasteiger partial charge in [-0.2, -0.15) is 5.10 Å². The Balaban J connectivity index is 1.93. The van der Waals surface area contributed by atoms with E-state index < -0.39 is 0 Å². The molecule has 0 aliphatic rings. The van der Waals surface area contributed by atoms with Crippen molar-refractivity contribution in [1.29, 1.82) is 0 Å². The Morgan fingerprint density at radius 2 is 1.96 bits per heavy atom. The number of nitrogens with zero attached hydrogens (tertiary/aromatic N) is 2. The van der Waals surface area contributed by atoms with E-state index in [0.717, 1.165) is 34.3 Å². The molecule has 1 heterocycles. The monoisotopic (exact) mass is 325 g/mol. The van der Waals surface area contributed by atoms with Crippen molar-refractivity contribution in [3.8, 4) is 5.75 Å². The molecule has 2 N–H and O–H groups in total. The second-order valence-electron chi connectivity index (χ2n) is 5.09. The number of phenols is 1. The second kappa shape index (κ2) is 6.67. The normalized spacial score (nSPS) is 11.7. The summed E-state index contributed by atoms with van der Waals surface area (Å²) in [5.41, 5.74) is 6.68. The van der Waals surface area contributed by atoms with E-state index in [1.807, 2.05) is 43.3 Å². The van der Waals surface area contributed by atoms with Crippen LogP contribution in [0.4, 0.5) is 5.69 Å². The number of hydrazone groups is 1. The lowest BCUT2D eigenvalue weighted by atomic mass is 10.1. The van der Waals surface area contributed by atoms with Crippen molar-refractivity contribution in [2.45, 2.75) is 13.3 Å². The van der Waals surface area contributed by atoms with Crippen LogP contribution in [0.3, 0.4) is 0 Å². The second-order valence-corrected chi connectivity index (χ2v) is 5.53. The molecule has 0 bridgehead atoms. The standard InChI is InChI=1S/C18H16ClN3O/c1-2-16(12-3-6-14(23)7-4-12)21-22-17-9-10-20-18-11-13(19)5-8-15(17)18/h3-11,23H,2H2,1H3,(H,20,22). The number of aromatic nitrogens is 1. The molecule has 116 valence electrons. The highest BCUT2D eigenvalue weighted by Crippen LogP contribution is 2.24. The van der Waals surface area contributed by atoms with E-state index in [4.69, 9.17) is 11.6 Å². The Kier molecular flexibility index (Phi) is 4.44. The zero-order valence-corrected chi connectivity index (χ0v) is 13.4. The molecule has 0 atom stereocenters. The quantitative estimate of drug-likeness (QED) is 0.534. The van der Waals surface area contributed by atoms with Crippen molar-refractivity contribution in [3.05, 3.63) is 65.3 Å². The van der Waals surface area contributed by atoms with Crippen LogP contribution in [-0.2, 0) is 0 Å². The van der Waals surface area contributed by atoms with Crippen molar-refractivity contribution in [3.63, 3.8) is 0 Å². The minimum absolute atomic E-state index is 0.245. The van der Waals surface area contributed by atoms with Crippen molar-refractivity contribution in [2.24, 2.45) is 5.10 Å². The van der Waals surface area contributed by atoms with Crippen LogP contribution in [0.2, 0.25) is 5.02 Å². The zero-order valence-electron chi connectivity index (χ0n) is 12.6. The molecule has 2 aromatic carbocycles. The summed E-state index contributed by atoms with van der Waals surface area (Å²) in [6.07, 6.45) is 2.50. The van der Waals surface area contributed by atoms with Crippen molar-refractivity contribution in [2.75, 3.05) is 5.43 Å².